The average molecular weight is 619 g/mol. The number of nitrogens with one attached hydrogen (secondary N) is 5. The summed E-state index contributed by atoms with van der Waals surface area (Å²) in [5, 5.41) is 18.9. The topological polar surface area (TPSA) is 268 Å². The maximum atomic E-state index is 13.7. The van der Waals surface area contributed by atoms with Gasteiger partial charge in [0.25, 0.3) is 0 Å². The summed E-state index contributed by atoms with van der Waals surface area (Å²) in [5.41, 5.74) is 18.9. The highest BCUT2D eigenvalue weighted by Crippen LogP contribution is 2.21. The summed E-state index contributed by atoms with van der Waals surface area (Å²) in [6, 6.07) is 8.85. The lowest BCUT2D eigenvalue weighted by Crippen LogP contribution is -2.58. The molecule has 2 aromatic heterocycles. The number of rotatable bonds is 15. The van der Waals surface area contributed by atoms with Crippen LogP contribution in [0.3, 0.4) is 0 Å². The summed E-state index contributed by atoms with van der Waals surface area (Å²) in [6.07, 6.45) is 2.01. The minimum atomic E-state index is -1.56. The Labute approximate surface area is 256 Å². The van der Waals surface area contributed by atoms with Crippen molar-refractivity contribution >= 4 is 57.3 Å². The minimum Gasteiger partial charge on any atom is -0.480 e. The van der Waals surface area contributed by atoms with E-state index >= 15 is 0 Å². The quantitative estimate of drug-likeness (QED) is 0.0799. The van der Waals surface area contributed by atoms with E-state index in [9.17, 15) is 33.9 Å². The monoisotopic (exact) mass is 618 g/mol. The van der Waals surface area contributed by atoms with Gasteiger partial charge in [-0.05, 0) is 23.3 Å². The summed E-state index contributed by atoms with van der Waals surface area (Å²) in [5.74, 6) is -5.83. The second-order valence-corrected chi connectivity index (χ2v) is 10.6. The molecule has 0 radical (unpaired) electrons. The SMILES string of the molecule is NC(=O)CC(N)C(=O)NC(CC(N)=O)C(=O)NC(Cc1c[nH]c2ccccc12)C(=O)NC(Cc1c[nH]c2ccccc12)C(=O)O. The number of amides is 5. The molecule has 15 heteroatoms. The number of benzene rings is 2. The van der Waals surface area contributed by atoms with Gasteiger partial charge in [-0.2, -0.15) is 0 Å². The zero-order chi connectivity index (χ0) is 32.7. The number of carboxylic acid groups (broad SMARTS) is 1. The third kappa shape index (κ3) is 8.23. The summed E-state index contributed by atoms with van der Waals surface area (Å²) in [6.45, 7) is 0. The van der Waals surface area contributed by atoms with Crippen LogP contribution in [0, 0.1) is 0 Å². The number of primary amides is 2. The standard InChI is InChI=1S/C30H34N8O7/c31-19(11-25(32)39)27(41)36-23(12-26(33)40)29(43)37-22(9-15-13-34-20-7-3-1-5-17(15)20)28(42)38-24(30(44)45)10-16-14-35-21-8-4-2-6-18(16)21/h1-8,13-14,19,22-24,34-35H,9-12,31H2,(H2,32,39)(H2,33,40)(H,36,41)(H,37,43)(H,38,42)(H,44,45). The third-order valence-electron chi connectivity index (χ3n) is 7.24. The van der Waals surface area contributed by atoms with Crippen LogP contribution in [0.5, 0.6) is 0 Å². The van der Waals surface area contributed by atoms with Gasteiger partial charge in [0, 0.05) is 47.0 Å². The second kappa shape index (κ2) is 14.2. The average Bonchev–Trinajstić information content (AvgIpc) is 3.59. The molecule has 0 saturated carbocycles. The largest absolute Gasteiger partial charge is 0.480 e. The van der Waals surface area contributed by atoms with E-state index in [4.69, 9.17) is 17.2 Å². The predicted molar refractivity (Wildman–Crippen MR) is 163 cm³/mol. The molecule has 0 aliphatic rings. The molecule has 0 aliphatic carbocycles. The zero-order valence-corrected chi connectivity index (χ0v) is 24.0. The number of para-hydroxylation sites is 2. The fourth-order valence-corrected chi connectivity index (χ4v) is 4.99. The molecule has 15 nitrogen and oxygen atoms in total. The Morgan fingerprint density at radius 2 is 1.09 bits per heavy atom. The predicted octanol–water partition coefficient (Wildman–Crippen LogP) is -0.948. The van der Waals surface area contributed by atoms with E-state index in [-0.39, 0.29) is 12.8 Å². The number of carboxylic acids is 1. The fourth-order valence-electron chi connectivity index (χ4n) is 4.99. The van der Waals surface area contributed by atoms with Gasteiger partial charge < -0.3 is 48.2 Å². The van der Waals surface area contributed by atoms with Gasteiger partial charge in [0.2, 0.25) is 29.5 Å². The molecule has 0 saturated heterocycles. The number of hydrogen-bond donors (Lipinski definition) is 9. The molecule has 5 amide bonds. The normalized spacial score (nSPS) is 13.8. The highest BCUT2D eigenvalue weighted by Gasteiger charge is 2.32. The van der Waals surface area contributed by atoms with Gasteiger partial charge in [0.15, 0.2) is 0 Å². The Kier molecular flexibility index (Phi) is 10.2. The van der Waals surface area contributed by atoms with Crippen LogP contribution in [0.25, 0.3) is 21.8 Å². The first-order valence-corrected chi connectivity index (χ1v) is 14.0. The Morgan fingerprint density at radius 1 is 0.644 bits per heavy atom. The van der Waals surface area contributed by atoms with E-state index < -0.39 is 72.5 Å². The third-order valence-corrected chi connectivity index (χ3v) is 7.24. The van der Waals surface area contributed by atoms with Crippen LogP contribution < -0.4 is 33.2 Å². The lowest BCUT2D eigenvalue weighted by Gasteiger charge is -2.25. The van der Waals surface area contributed by atoms with Crippen LogP contribution >= 0.6 is 0 Å². The van der Waals surface area contributed by atoms with Gasteiger partial charge in [0.05, 0.1) is 18.9 Å². The molecule has 4 atom stereocenters. The van der Waals surface area contributed by atoms with E-state index in [0.717, 1.165) is 21.8 Å². The first-order valence-electron chi connectivity index (χ1n) is 14.0. The highest BCUT2D eigenvalue weighted by atomic mass is 16.4. The van der Waals surface area contributed by atoms with Crippen molar-refractivity contribution in [3.05, 3.63) is 72.1 Å². The van der Waals surface area contributed by atoms with Crippen molar-refractivity contribution in [2.75, 3.05) is 0 Å². The molecule has 4 rings (SSSR count). The fraction of sp³-hybridized carbons (Fsp3) is 0.267. The Bertz CT molecular complexity index is 1750. The van der Waals surface area contributed by atoms with Gasteiger partial charge in [-0.15, -0.1) is 0 Å². The molecule has 0 fully saturated rings. The van der Waals surface area contributed by atoms with Crippen molar-refractivity contribution in [1.82, 2.24) is 25.9 Å². The summed E-state index contributed by atoms with van der Waals surface area (Å²) < 4.78 is 0. The molecule has 45 heavy (non-hydrogen) atoms. The molecule has 0 aliphatic heterocycles. The van der Waals surface area contributed by atoms with Crippen LogP contribution in [0.4, 0.5) is 0 Å². The number of fused-ring (bicyclic) bond motifs is 2. The number of aromatic nitrogens is 2. The van der Waals surface area contributed by atoms with Crippen LogP contribution in [0.15, 0.2) is 60.9 Å². The maximum Gasteiger partial charge on any atom is 0.326 e. The van der Waals surface area contributed by atoms with Crippen molar-refractivity contribution in [2.45, 2.75) is 49.9 Å². The molecule has 236 valence electrons. The van der Waals surface area contributed by atoms with Crippen LogP contribution in [-0.4, -0.2) is 74.7 Å². The van der Waals surface area contributed by atoms with E-state index in [1.807, 2.05) is 42.5 Å². The Morgan fingerprint density at radius 3 is 1.60 bits per heavy atom. The van der Waals surface area contributed by atoms with E-state index in [1.165, 1.54) is 0 Å². The van der Waals surface area contributed by atoms with Crippen molar-refractivity contribution in [2.24, 2.45) is 17.2 Å². The van der Waals surface area contributed by atoms with Crippen molar-refractivity contribution < 1.29 is 33.9 Å². The number of nitrogens with two attached hydrogens (primary N) is 3. The van der Waals surface area contributed by atoms with Crippen molar-refractivity contribution in [3.8, 4) is 0 Å². The first-order chi connectivity index (χ1) is 21.4. The molecule has 2 aromatic carbocycles. The van der Waals surface area contributed by atoms with Gasteiger partial charge in [-0.1, -0.05) is 36.4 Å². The Balaban J connectivity index is 1.59. The number of carbonyl (C=O) groups excluding carboxylic acids is 5. The van der Waals surface area contributed by atoms with Gasteiger partial charge in [0.1, 0.15) is 18.1 Å². The maximum absolute atomic E-state index is 13.7. The molecule has 4 aromatic rings. The number of aliphatic carboxylic acids is 1. The molecule has 0 spiro atoms. The molecule has 2 heterocycles. The summed E-state index contributed by atoms with van der Waals surface area (Å²) in [4.78, 5) is 81.0. The molecular formula is C30H34N8O7. The number of carbonyl (C=O) groups is 6. The lowest BCUT2D eigenvalue weighted by molar-refractivity contribution is -0.142. The lowest BCUT2D eigenvalue weighted by atomic mass is 10.0. The number of H-pyrrole nitrogens is 2. The van der Waals surface area contributed by atoms with Crippen LogP contribution in [0.2, 0.25) is 0 Å². The smallest absolute Gasteiger partial charge is 0.326 e. The van der Waals surface area contributed by atoms with Crippen molar-refractivity contribution in [1.29, 1.82) is 0 Å². The van der Waals surface area contributed by atoms with E-state index in [0.29, 0.717) is 11.1 Å². The van der Waals surface area contributed by atoms with Crippen LogP contribution in [-0.2, 0) is 41.6 Å². The minimum absolute atomic E-state index is 0.0586. The molecule has 0 bridgehead atoms. The first kappa shape index (κ1) is 32.2. The molecular weight excluding hydrogens is 584 g/mol. The van der Waals surface area contributed by atoms with Gasteiger partial charge in [-0.3, -0.25) is 24.0 Å². The number of aromatic amines is 2. The second-order valence-electron chi connectivity index (χ2n) is 10.6. The van der Waals surface area contributed by atoms with E-state index in [2.05, 4.69) is 25.9 Å². The molecule has 12 N–H and O–H groups in total. The van der Waals surface area contributed by atoms with Crippen molar-refractivity contribution in [3.63, 3.8) is 0 Å². The van der Waals surface area contributed by atoms with E-state index in [1.54, 1.807) is 18.5 Å². The number of hydrogen-bond acceptors (Lipinski definition) is 7. The highest BCUT2D eigenvalue weighted by molar-refractivity contribution is 5.97. The van der Waals surface area contributed by atoms with Gasteiger partial charge >= 0.3 is 5.97 Å². The van der Waals surface area contributed by atoms with Gasteiger partial charge in [-0.25, -0.2) is 4.79 Å². The summed E-state index contributed by atoms with van der Waals surface area (Å²) >= 11 is 0. The Hall–Kier alpha value is -5.70. The molecule has 4 unspecified atom stereocenters. The van der Waals surface area contributed by atoms with Crippen LogP contribution in [0.1, 0.15) is 24.0 Å². The summed E-state index contributed by atoms with van der Waals surface area (Å²) in [7, 11) is 0. The zero-order valence-electron chi connectivity index (χ0n) is 24.0.